The van der Waals surface area contributed by atoms with E-state index in [2.05, 4.69) is 16.0 Å². The molecule has 35 heavy (non-hydrogen) atoms. The molecule has 0 unspecified atom stereocenters. The number of anilines is 3. The number of carbonyl (C=O) groups excluding carboxylic acids is 4. The van der Waals surface area contributed by atoms with E-state index in [1.807, 2.05) is 32.0 Å². The summed E-state index contributed by atoms with van der Waals surface area (Å²) in [5.74, 6) is -1.12. The molecule has 178 valence electrons. The van der Waals surface area contributed by atoms with E-state index in [1.165, 1.54) is 23.1 Å². The highest BCUT2D eigenvalue weighted by atomic mass is 16.2. The van der Waals surface area contributed by atoms with Crippen LogP contribution in [-0.2, 0) is 0 Å². The van der Waals surface area contributed by atoms with Gasteiger partial charge >= 0.3 is 6.03 Å². The van der Waals surface area contributed by atoms with Gasteiger partial charge in [0.05, 0.1) is 11.1 Å². The van der Waals surface area contributed by atoms with Crippen LogP contribution < -0.4 is 16.0 Å². The number of para-hydroxylation sites is 1. The first-order valence-corrected chi connectivity index (χ1v) is 11.4. The number of imide groups is 1. The second-order valence-corrected chi connectivity index (χ2v) is 8.30. The van der Waals surface area contributed by atoms with Crippen LogP contribution in [0.4, 0.5) is 21.9 Å². The van der Waals surface area contributed by atoms with Crippen molar-refractivity contribution in [1.82, 2.24) is 4.90 Å². The minimum Gasteiger partial charge on any atom is -0.322 e. The van der Waals surface area contributed by atoms with Gasteiger partial charge in [-0.1, -0.05) is 37.6 Å². The normalized spacial score (nSPS) is 12.3. The van der Waals surface area contributed by atoms with Gasteiger partial charge in [0.2, 0.25) is 0 Å². The van der Waals surface area contributed by atoms with Crippen LogP contribution in [0, 0.1) is 6.92 Å². The molecule has 4 rings (SSSR count). The molecule has 0 aromatic heterocycles. The molecule has 3 N–H and O–H groups in total. The Balaban J connectivity index is 1.47. The van der Waals surface area contributed by atoms with Crippen molar-refractivity contribution < 1.29 is 19.2 Å². The largest absolute Gasteiger partial charge is 0.323 e. The molecule has 3 aromatic carbocycles. The molecule has 1 aliphatic heterocycles. The summed E-state index contributed by atoms with van der Waals surface area (Å²) in [6.45, 7) is 4.18. The Morgan fingerprint density at radius 2 is 1.51 bits per heavy atom. The predicted molar refractivity (Wildman–Crippen MR) is 135 cm³/mol. The number of carbonyl (C=O) groups is 4. The van der Waals surface area contributed by atoms with Crippen molar-refractivity contribution in [2.24, 2.45) is 0 Å². The fourth-order valence-corrected chi connectivity index (χ4v) is 3.80. The summed E-state index contributed by atoms with van der Waals surface area (Å²) in [4.78, 5) is 51.7. The SMILES string of the molecule is CCCCN1C(=O)c2ccc(C(=O)Nc3cc(NC(=O)Nc4ccccc4)ccc3C)cc2C1=O. The Kier molecular flexibility index (Phi) is 6.91. The molecule has 0 radical (unpaired) electrons. The lowest BCUT2D eigenvalue weighted by Gasteiger charge is -2.13. The summed E-state index contributed by atoms with van der Waals surface area (Å²) >= 11 is 0. The molecular formula is C27H26N4O4. The fourth-order valence-electron chi connectivity index (χ4n) is 3.80. The highest BCUT2D eigenvalue weighted by Gasteiger charge is 2.35. The van der Waals surface area contributed by atoms with Crippen LogP contribution in [0.5, 0.6) is 0 Å². The second kappa shape index (κ2) is 10.2. The number of aryl methyl sites for hydroxylation is 1. The molecule has 0 saturated heterocycles. The zero-order valence-corrected chi connectivity index (χ0v) is 19.6. The molecule has 1 aliphatic rings. The lowest BCUT2D eigenvalue weighted by molar-refractivity contribution is 0.0652. The van der Waals surface area contributed by atoms with Crippen LogP contribution in [0.15, 0.2) is 66.7 Å². The van der Waals surface area contributed by atoms with Crippen LogP contribution in [0.3, 0.4) is 0 Å². The van der Waals surface area contributed by atoms with Gasteiger partial charge in [0.25, 0.3) is 17.7 Å². The van der Waals surface area contributed by atoms with Gasteiger partial charge in [-0.05, 0) is 61.4 Å². The number of benzene rings is 3. The molecule has 8 nitrogen and oxygen atoms in total. The highest BCUT2D eigenvalue weighted by molar-refractivity contribution is 6.22. The van der Waals surface area contributed by atoms with Crippen LogP contribution in [0.1, 0.15) is 56.4 Å². The third-order valence-corrected chi connectivity index (χ3v) is 5.74. The Morgan fingerprint density at radius 3 is 2.26 bits per heavy atom. The van der Waals surface area contributed by atoms with Crippen LogP contribution in [-0.4, -0.2) is 35.2 Å². The third-order valence-electron chi connectivity index (χ3n) is 5.74. The number of nitrogens with zero attached hydrogens (tertiary/aromatic N) is 1. The quantitative estimate of drug-likeness (QED) is 0.408. The number of fused-ring (bicyclic) bond motifs is 1. The van der Waals surface area contributed by atoms with E-state index in [0.717, 1.165) is 18.4 Å². The number of amides is 5. The maximum atomic E-state index is 13.0. The monoisotopic (exact) mass is 470 g/mol. The van der Waals surface area contributed by atoms with Gasteiger partial charge in [-0.2, -0.15) is 0 Å². The molecular weight excluding hydrogens is 444 g/mol. The van der Waals surface area contributed by atoms with Crippen molar-refractivity contribution in [2.45, 2.75) is 26.7 Å². The number of hydrogen-bond acceptors (Lipinski definition) is 4. The molecule has 0 atom stereocenters. The third kappa shape index (κ3) is 5.22. The average molecular weight is 471 g/mol. The molecule has 0 aliphatic carbocycles. The lowest BCUT2D eigenvalue weighted by Crippen LogP contribution is -2.30. The number of nitrogens with one attached hydrogen (secondary N) is 3. The van der Waals surface area contributed by atoms with E-state index in [4.69, 9.17) is 0 Å². The van der Waals surface area contributed by atoms with Crippen molar-refractivity contribution in [1.29, 1.82) is 0 Å². The maximum Gasteiger partial charge on any atom is 0.323 e. The number of rotatable bonds is 7. The predicted octanol–water partition coefficient (Wildman–Crippen LogP) is 5.29. The van der Waals surface area contributed by atoms with Crippen LogP contribution >= 0.6 is 0 Å². The lowest BCUT2D eigenvalue weighted by atomic mass is 10.0. The van der Waals surface area contributed by atoms with E-state index < -0.39 is 11.9 Å². The Labute approximate surface area is 203 Å². The zero-order chi connectivity index (χ0) is 24.9. The van der Waals surface area contributed by atoms with Gasteiger partial charge in [0.15, 0.2) is 0 Å². The van der Waals surface area contributed by atoms with Gasteiger partial charge in [0, 0.05) is 29.2 Å². The highest BCUT2D eigenvalue weighted by Crippen LogP contribution is 2.26. The van der Waals surface area contributed by atoms with Crippen molar-refractivity contribution in [3.05, 3.63) is 89.0 Å². The second-order valence-electron chi connectivity index (χ2n) is 8.30. The fraction of sp³-hybridized carbons (Fsp3) is 0.185. The minimum atomic E-state index is -0.422. The summed E-state index contributed by atoms with van der Waals surface area (Å²) in [6.07, 6.45) is 1.59. The Hall–Kier alpha value is -4.46. The number of hydrogen-bond donors (Lipinski definition) is 3. The summed E-state index contributed by atoms with van der Waals surface area (Å²) in [5.41, 5.74) is 3.29. The average Bonchev–Trinajstić information content (AvgIpc) is 3.09. The van der Waals surface area contributed by atoms with Gasteiger partial charge in [-0.15, -0.1) is 0 Å². The zero-order valence-electron chi connectivity index (χ0n) is 19.6. The first kappa shape index (κ1) is 23.7. The van der Waals surface area contributed by atoms with Crippen molar-refractivity contribution in [2.75, 3.05) is 22.5 Å². The molecule has 0 spiro atoms. The first-order valence-electron chi connectivity index (χ1n) is 11.4. The molecule has 0 saturated carbocycles. The van der Waals surface area contributed by atoms with E-state index in [9.17, 15) is 19.2 Å². The van der Waals surface area contributed by atoms with Crippen molar-refractivity contribution in [3.63, 3.8) is 0 Å². The summed E-state index contributed by atoms with van der Waals surface area (Å²) < 4.78 is 0. The van der Waals surface area contributed by atoms with Gasteiger partial charge < -0.3 is 16.0 Å². The standard InChI is InChI=1S/C27H26N4O4/c1-3-4-14-31-25(33)21-13-11-18(15-22(21)26(31)34)24(32)30-23-16-20(12-10-17(23)2)29-27(35)28-19-8-6-5-7-9-19/h5-13,15-16H,3-4,14H2,1-2H3,(H,30,32)(H2,28,29,35). The van der Waals surface area contributed by atoms with Gasteiger partial charge in [-0.3, -0.25) is 19.3 Å². The Morgan fingerprint density at radius 1 is 0.800 bits per heavy atom. The molecule has 1 heterocycles. The minimum absolute atomic E-state index is 0.239. The van der Waals surface area contributed by atoms with E-state index in [0.29, 0.717) is 29.2 Å². The molecule has 5 amide bonds. The molecule has 0 bridgehead atoms. The maximum absolute atomic E-state index is 13.0. The Bertz CT molecular complexity index is 1300. The molecule has 0 fully saturated rings. The van der Waals surface area contributed by atoms with Gasteiger partial charge in [-0.25, -0.2) is 4.79 Å². The number of unbranched alkanes of at least 4 members (excludes halogenated alkanes) is 1. The smallest absolute Gasteiger partial charge is 0.322 e. The number of urea groups is 1. The summed E-state index contributed by atoms with van der Waals surface area (Å²) in [7, 11) is 0. The topological polar surface area (TPSA) is 108 Å². The van der Waals surface area contributed by atoms with Crippen LogP contribution in [0.2, 0.25) is 0 Å². The first-order chi connectivity index (χ1) is 16.9. The summed E-state index contributed by atoms with van der Waals surface area (Å²) in [6, 6.07) is 18.3. The summed E-state index contributed by atoms with van der Waals surface area (Å²) in [5, 5.41) is 8.32. The van der Waals surface area contributed by atoms with Gasteiger partial charge in [0.1, 0.15) is 0 Å². The van der Waals surface area contributed by atoms with E-state index in [-0.39, 0.29) is 22.9 Å². The van der Waals surface area contributed by atoms with E-state index in [1.54, 1.807) is 30.3 Å². The van der Waals surface area contributed by atoms with E-state index >= 15 is 0 Å². The van der Waals surface area contributed by atoms with Crippen LogP contribution in [0.25, 0.3) is 0 Å². The van der Waals surface area contributed by atoms with Crippen molar-refractivity contribution >= 4 is 40.8 Å². The van der Waals surface area contributed by atoms with Crippen molar-refractivity contribution in [3.8, 4) is 0 Å². The molecule has 8 heteroatoms. The molecule has 3 aromatic rings.